The molecule has 6 heteroatoms. The molecule has 0 radical (unpaired) electrons. The Labute approximate surface area is 125 Å². The Hall–Kier alpha value is -0.170. The van der Waals surface area contributed by atoms with E-state index < -0.39 is 10.1 Å². The summed E-state index contributed by atoms with van der Waals surface area (Å²) in [6.07, 6.45) is 1.82. The third-order valence-electron chi connectivity index (χ3n) is 2.21. The molecule has 1 aromatic rings. The van der Waals surface area contributed by atoms with Crippen LogP contribution in [0.2, 0.25) is 0 Å². The van der Waals surface area contributed by atoms with Gasteiger partial charge >= 0.3 is 0 Å². The van der Waals surface area contributed by atoms with Crippen LogP contribution in [0.15, 0.2) is 38.6 Å². The standard InChI is InChI=1S/C12H14Br2O3S/c1-9-3-5-11(6-4-9)18(15,16)17-8-10(2)7-12(13)14/h3-7,10H,8H2,1-2H3/t10-/m1/s1. The summed E-state index contributed by atoms with van der Waals surface area (Å²) >= 11 is 6.44. The molecule has 3 nitrogen and oxygen atoms in total. The predicted octanol–water partition coefficient (Wildman–Crippen LogP) is 3.97. The highest BCUT2D eigenvalue weighted by atomic mass is 79.9. The van der Waals surface area contributed by atoms with Crippen molar-refractivity contribution in [1.82, 2.24) is 0 Å². The average molecular weight is 398 g/mol. The minimum atomic E-state index is -3.67. The van der Waals surface area contributed by atoms with E-state index >= 15 is 0 Å². The minimum absolute atomic E-state index is 0.0148. The summed E-state index contributed by atoms with van der Waals surface area (Å²) in [6, 6.07) is 6.58. The Balaban J connectivity index is 2.71. The highest BCUT2D eigenvalue weighted by molar-refractivity contribution is 9.28. The predicted molar refractivity (Wildman–Crippen MR) is 79.4 cm³/mol. The second-order valence-corrected chi connectivity index (χ2v) is 8.37. The Morgan fingerprint density at radius 1 is 1.33 bits per heavy atom. The zero-order valence-electron chi connectivity index (χ0n) is 10.1. The van der Waals surface area contributed by atoms with Crippen molar-refractivity contribution in [2.24, 2.45) is 5.92 Å². The van der Waals surface area contributed by atoms with E-state index in [2.05, 4.69) is 31.9 Å². The van der Waals surface area contributed by atoms with Gasteiger partial charge in [-0.1, -0.05) is 30.7 Å². The third-order valence-corrected chi connectivity index (χ3v) is 4.03. The van der Waals surface area contributed by atoms with Crippen molar-refractivity contribution in [3.63, 3.8) is 0 Å². The smallest absolute Gasteiger partial charge is 0.266 e. The zero-order valence-corrected chi connectivity index (χ0v) is 14.0. The van der Waals surface area contributed by atoms with Crippen molar-refractivity contribution in [1.29, 1.82) is 0 Å². The molecule has 1 aromatic carbocycles. The highest BCUT2D eigenvalue weighted by Gasteiger charge is 2.15. The van der Waals surface area contributed by atoms with Crippen molar-refractivity contribution in [3.05, 3.63) is 39.3 Å². The number of halogens is 2. The van der Waals surface area contributed by atoms with E-state index in [0.717, 1.165) is 8.96 Å². The molecule has 0 amide bonds. The van der Waals surface area contributed by atoms with Crippen LogP contribution >= 0.6 is 31.9 Å². The van der Waals surface area contributed by atoms with E-state index in [0.29, 0.717) is 0 Å². The van der Waals surface area contributed by atoms with Gasteiger partial charge in [-0.15, -0.1) is 0 Å². The van der Waals surface area contributed by atoms with Crippen LogP contribution in [0, 0.1) is 12.8 Å². The van der Waals surface area contributed by atoms with Gasteiger partial charge in [0.1, 0.15) is 0 Å². The van der Waals surface area contributed by atoms with Crippen molar-refractivity contribution >= 4 is 42.0 Å². The first kappa shape index (κ1) is 15.9. The molecule has 0 spiro atoms. The molecule has 0 N–H and O–H groups in total. The third kappa shape index (κ3) is 5.22. The Bertz CT molecular complexity index is 517. The molecular weight excluding hydrogens is 384 g/mol. The highest BCUT2D eigenvalue weighted by Crippen LogP contribution is 2.18. The number of benzene rings is 1. The van der Waals surface area contributed by atoms with Crippen LogP contribution in [0.3, 0.4) is 0 Å². The van der Waals surface area contributed by atoms with Gasteiger partial charge in [-0.25, -0.2) is 0 Å². The molecule has 0 aliphatic heterocycles. The van der Waals surface area contributed by atoms with E-state index in [4.69, 9.17) is 4.18 Å². The first-order chi connectivity index (χ1) is 8.31. The van der Waals surface area contributed by atoms with Crippen LogP contribution in [0.1, 0.15) is 12.5 Å². The largest absolute Gasteiger partial charge is 0.296 e. The number of hydrogen-bond donors (Lipinski definition) is 0. The van der Waals surface area contributed by atoms with Crippen LogP contribution in [0.25, 0.3) is 0 Å². The molecule has 0 heterocycles. The first-order valence-corrected chi connectivity index (χ1v) is 8.29. The lowest BCUT2D eigenvalue weighted by Crippen LogP contribution is -2.11. The summed E-state index contributed by atoms with van der Waals surface area (Å²) in [5.41, 5.74) is 1.01. The summed E-state index contributed by atoms with van der Waals surface area (Å²) in [5, 5.41) is 0. The summed E-state index contributed by atoms with van der Waals surface area (Å²) in [4.78, 5) is 0.183. The van der Waals surface area contributed by atoms with Gasteiger partial charge in [0, 0.05) is 5.92 Å². The maximum Gasteiger partial charge on any atom is 0.296 e. The topological polar surface area (TPSA) is 43.4 Å². The van der Waals surface area contributed by atoms with Gasteiger partial charge in [-0.3, -0.25) is 4.18 Å². The van der Waals surface area contributed by atoms with E-state index in [9.17, 15) is 8.42 Å². The molecule has 1 rings (SSSR count). The van der Waals surface area contributed by atoms with Crippen LogP contribution in [0.5, 0.6) is 0 Å². The molecule has 1 atom stereocenters. The maximum atomic E-state index is 11.9. The number of aryl methyl sites for hydroxylation is 1. The van der Waals surface area contributed by atoms with Gasteiger partial charge in [-0.05, 0) is 50.9 Å². The van der Waals surface area contributed by atoms with E-state index in [1.165, 1.54) is 0 Å². The minimum Gasteiger partial charge on any atom is -0.266 e. The molecule has 0 saturated carbocycles. The average Bonchev–Trinajstić information content (AvgIpc) is 2.26. The number of hydrogen-bond acceptors (Lipinski definition) is 3. The Morgan fingerprint density at radius 3 is 2.39 bits per heavy atom. The summed E-state index contributed by atoms with van der Waals surface area (Å²) < 4.78 is 29.5. The van der Waals surface area contributed by atoms with E-state index in [1.54, 1.807) is 24.3 Å². The van der Waals surface area contributed by atoms with E-state index in [-0.39, 0.29) is 17.4 Å². The van der Waals surface area contributed by atoms with Gasteiger partial charge in [0.05, 0.1) is 14.9 Å². The fourth-order valence-electron chi connectivity index (χ4n) is 1.23. The van der Waals surface area contributed by atoms with Crippen LogP contribution < -0.4 is 0 Å². The lowest BCUT2D eigenvalue weighted by atomic mass is 10.2. The molecule has 100 valence electrons. The van der Waals surface area contributed by atoms with Crippen molar-refractivity contribution < 1.29 is 12.6 Å². The lowest BCUT2D eigenvalue weighted by molar-refractivity contribution is 0.288. The van der Waals surface area contributed by atoms with Crippen LogP contribution in [0.4, 0.5) is 0 Å². The van der Waals surface area contributed by atoms with Crippen molar-refractivity contribution in [3.8, 4) is 0 Å². The van der Waals surface area contributed by atoms with Gasteiger partial charge < -0.3 is 0 Å². The normalized spacial score (nSPS) is 13.1. The fraction of sp³-hybridized carbons (Fsp3) is 0.333. The molecule has 0 aromatic heterocycles. The summed E-state index contributed by atoms with van der Waals surface area (Å²) in [6.45, 7) is 3.88. The van der Waals surface area contributed by atoms with Gasteiger partial charge in [0.2, 0.25) is 0 Å². The van der Waals surface area contributed by atoms with Crippen LogP contribution in [-0.4, -0.2) is 15.0 Å². The summed E-state index contributed by atoms with van der Waals surface area (Å²) in [7, 11) is -3.67. The van der Waals surface area contributed by atoms with Gasteiger partial charge in [-0.2, -0.15) is 8.42 Å². The lowest BCUT2D eigenvalue weighted by Gasteiger charge is -2.09. The van der Waals surface area contributed by atoms with E-state index in [1.807, 2.05) is 19.9 Å². The molecule has 0 aliphatic rings. The number of rotatable bonds is 5. The molecule has 0 saturated heterocycles. The van der Waals surface area contributed by atoms with Crippen molar-refractivity contribution in [2.75, 3.05) is 6.61 Å². The SMILES string of the molecule is Cc1ccc(S(=O)(=O)OC[C@H](C)C=C(Br)Br)cc1. The second kappa shape index (κ2) is 6.84. The molecule has 0 fully saturated rings. The van der Waals surface area contributed by atoms with Gasteiger partial charge in [0.25, 0.3) is 10.1 Å². The second-order valence-electron chi connectivity index (χ2n) is 3.99. The monoisotopic (exact) mass is 396 g/mol. The molecule has 18 heavy (non-hydrogen) atoms. The first-order valence-electron chi connectivity index (χ1n) is 5.30. The molecule has 0 unspecified atom stereocenters. The Morgan fingerprint density at radius 2 is 1.89 bits per heavy atom. The van der Waals surface area contributed by atoms with Crippen LogP contribution in [-0.2, 0) is 14.3 Å². The molecule has 0 bridgehead atoms. The van der Waals surface area contributed by atoms with Crippen molar-refractivity contribution in [2.45, 2.75) is 18.7 Å². The fourth-order valence-corrected chi connectivity index (χ4v) is 3.13. The summed E-state index contributed by atoms with van der Waals surface area (Å²) in [5.74, 6) is -0.0148. The zero-order chi connectivity index (χ0) is 13.8. The van der Waals surface area contributed by atoms with Gasteiger partial charge in [0.15, 0.2) is 0 Å². The Kier molecular flexibility index (Phi) is 6.04. The molecular formula is C12H14Br2O3S. The maximum absolute atomic E-state index is 11.9. The quantitative estimate of drug-likeness (QED) is 0.706. The molecule has 0 aliphatic carbocycles.